The van der Waals surface area contributed by atoms with Crippen LogP contribution in [0, 0.1) is 5.92 Å². The Morgan fingerprint density at radius 3 is 3.00 bits per heavy atom. The first-order chi connectivity index (χ1) is 8.34. The minimum atomic E-state index is 0.175. The fraction of sp³-hybridized carbons (Fsp3) is 0.538. The first-order valence-corrected chi connectivity index (χ1v) is 7.23. The van der Waals surface area contributed by atoms with Crippen LogP contribution in [0.2, 0.25) is 0 Å². The minimum Gasteiger partial charge on any atom is -0.352 e. The molecule has 0 saturated carbocycles. The maximum absolute atomic E-state index is 11.7. The summed E-state index contributed by atoms with van der Waals surface area (Å²) in [5.41, 5.74) is 1.10. The van der Waals surface area contributed by atoms with Crippen LogP contribution in [0.3, 0.4) is 0 Å². The fourth-order valence-electron chi connectivity index (χ4n) is 2.00. The molecule has 0 bridgehead atoms. The summed E-state index contributed by atoms with van der Waals surface area (Å²) in [4.78, 5) is 15.7. The van der Waals surface area contributed by atoms with Crippen molar-refractivity contribution in [3.63, 3.8) is 0 Å². The Morgan fingerprint density at radius 2 is 2.29 bits per heavy atom. The normalized spacial score (nSPS) is 19.9. The van der Waals surface area contributed by atoms with Crippen molar-refractivity contribution >= 4 is 17.7 Å². The van der Waals surface area contributed by atoms with Crippen LogP contribution in [0.25, 0.3) is 0 Å². The maximum atomic E-state index is 11.7. The summed E-state index contributed by atoms with van der Waals surface area (Å²) in [5.74, 6) is 3.15. The lowest BCUT2D eigenvalue weighted by Gasteiger charge is -2.20. The lowest BCUT2D eigenvalue weighted by atomic mass is 10.0. The van der Waals surface area contributed by atoms with Crippen LogP contribution in [0.1, 0.15) is 24.8 Å². The molecular formula is C13H18N2OS. The molecule has 1 fully saturated rings. The number of thioether (sulfide) groups is 1. The van der Waals surface area contributed by atoms with Gasteiger partial charge in [-0.3, -0.25) is 9.78 Å². The van der Waals surface area contributed by atoms with Gasteiger partial charge < -0.3 is 5.32 Å². The van der Waals surface area contributed by atoms with Crippen molar-refractivity contribution in [2.45, 2.75) is 25.8 Å². The molecule has 17 heavy (non-hydrogen) atoms. The molecule has 1 unspecified atom stereocenters. The van der Waals surface area contributed by atoms with E-state index in [1.165, 1.54) is 18.6 Å². The van der Waals surface area contributed by atoms with E-state index in [1.807, 2.05) is 23.9 Å². The van der Waals surface area contributed by atoms with Crippen LogP contribution < -0.4 is 5.32 Å². The molecule has 2 rings (SSSR count). The average molecular weight is 250 g/mol. The predicted molar refractivity (Wildman–Crippen MR) is 70.7 cm³/mol. The molecule has 1 aliphatic rings. The van der Waals surface area contributed by atoms with E-state index in [4.69, 9.17) is 0 Å². The summed E-state index contributed by atoms with van der Waals surface area (Å²) in [6, 6.07) is 3.85. The van der Waals surface area contributed by atoms with Gasteiger partial charge in [0.1, 0.15) is 0 Å². The fourth-order valence-corrected chi connectivity index (χ4v) is 3.16. The Hall–Kier alpha value is -1.03. The van der Waals surface area contributed by atoms with Crippen LogP contribution in [-0.4, -0.2) is 22.4 Å². The van der Waals surface area contributed by atoms with E-state index in [0.29, 0.717) is 18.9 Å². The Kier molecular flexibility index (Phi) is 4.86. The molecule has 4 heteroatoms. The number of hydrogen-bond acceptors (Lipinski definition) is 3. The van der Waals surface area contributed by atoms with Crippen molar-refractivity contribution in [2.24, 2.45) is 5.92 Å². The highest BCUT2D eigenvalue weighted by Crippen LogP contribution is 2.24. The summed E-state index contributed by atoms with van der Waals surface area (Å²) in [6.07, 6.45) is 6.64. The molecule has 0 aromatic carbocycles. The van der Waals surface area contributed by atoms with E-state index in [0.717, 1.165) is 11.3 Å². The second kappa shape index (κ2) is 6.64. The molecule has 1 aromatic rings. The number of carbonyl (C=O) groups is 1. The molecule has 0 aliphatic carbocycles. The molecule has 1 N–H and O–H groups in total. The van der Waals surface area contributed by atoms with Gasteiger partial charge in [-0.2, -0.15) is 11.8 Å². The van der Waals surface area contributed by atoms with Gasteiger partial charge in [0.25, 0.3) is 0 Å². The van der Waals surface area contributed by atoms with Gasteiger partial charge in [0.15, 0.2) is 0 Å². The predicted octanol–water partition coefficient (Wildman–Crippen LogP) is 2.23. The third-order valence-electron chi connectivity index (χ3n) is 2.97. The second-order valence-electron chi connectivity index (χ2n) is 4.42. The molecule has 92 valence electrons. The largest absolute Gasteiger partial charge is 0.352 e. The zero-order valence-corrected chi connectivity index (χ0v) is 10.7. The van der Waals surface area contributed by atoms with Gasteiger partial charge in [-0.1, -0.05) is 0 Å². The van der Waals surface area contributed by atoms with E-state index in [2.05, 4.69) is 10.3 Å². The summed E-state index contributed by atoms with van der Waals surface area (Å²) in [7, 11) is 0. The number of pyridine rings is 1. The Morgan fingerprint density at radius 1 is 1.47 bits per heavy atom. The van der Waals surface area contributed by atoms with Crippen LogP contribution in [0.4, 0.5) is 0 Å². The summed E-state index contributed by atoms with van der Waals surface area (Å²) in [6.45, 7) is 0.612. The average Bonchev–Trinajstić information content (AvgIpc) is 2.39. The lowest BCUT2D eigenvalue weighted by Crippen LogP contribution is -2.26. The van der Waals surface area contributed by atoms with Crippen molar-refractivity contribution in [1.29, 1.82) is 0 Å². The number of amides is 1. The first-order valence-electron chi connectivity index (χ1n) is 6.08. The Balaban J connectivity index is 1.70. The number of rotatable bonds is 4. The number of carbonyl (C=O) groups excluding carboxylic acids is 1. The molecule has 2 heterocycles. The van der Waals surface area contributed by atoms with Gasteiger partial charge in [-0.15, -0.1) is 0 Å². The number of nitrogens with one attached hydrogen (secondary N) is 1. The van der Waals surface area contributed by atoms with Crippen molar-refractivity contribution < 1.29 is 4.79 Å². The maximum Gasteiger partial charge on any atom is 0.220 e. The second-order valence-corrected chi connectivity index (χ2v) is 5.57. The highest BCUT2D eigenvalue weighted by atomic mass is 32.2. The quantitative estimate of drug-likeness (QED) is 0.891. The summed E-state index contributed by atoms with van der Waals surface area (Å²) < 4.78 is 0. The Labute approximate surface area is 106 Å². The Bertz CT molecular complexity index is 350. The zero-order chi connectivity index (χ0) is 11.9. The van der Waals surface area contributed by atoms with Gasteiger partial charge in [-0.05, 0) is 48.0 Å². The van der Waals surface area contributed by atoms with Gasteiger partial charge in [0, 0.05) is 25.4 Å². The number of nitrogens with zero attached hydrogens (tertiary/aromatic N) is 1. The highest BCUT2D eigenvalue weighted by Gasteiger charge is 2.16. The van der Waals surface area contributed by atoms with Crippen LogP contribution in [0.5, 0.6) is 0 Å². The smallest absolute Gasteiger partial charge is 0.220 e. The van der Waals surface area contributed by atoms with Crippen LogP contribution in [0.15, 0.2) is 24.5 Å². The van der Waals surface area contributed by atoms with E-state index in [1.54, 1.807) is 12.4 Å². The van der Waals surface area contributed by atoms with Crippen molar-refractivity contribution in [1.82, 2.24) is 10.3 Å². The lowest BCUT2D eigenvalue weighted by molar-refractivity contribution is -0.122. The van der Waals surface area contributed by atoms with E-state index in [9.17, 15) is 4.79 Å². The van der Waals surface area contributed by atoms with E-state index >= 15 is 0 Å². The van der Waals surface area contributed by atoms with E-state index < -0.39 is 0 Å². The molecule has 3 nitrogen and oxygen atoms in total. The third-order valence-corrected chi connectivity index (χ3v) is 4.25. The summed E-state index contributed by atoms with van der Waals surface area (Å²) >= 11 is 1.97. The van der Waals surface area contributed by atoms with Gasteiger partial charge in [-0.25, -0.2) is 0 Å². The molecule has 1 amide bonds. The highest BCUT2D eigenvalue weighted by molar-refractivity contribution is 7.99. The van der Waals surface area contributed by atoms with Crippen LogP contribution >= 0.6 is 11.8 Å². The number of aromatic nitrogens is 1. The van der Waals surface area contributed by atoms with Crippen LogP contribution in [-0.2, 0) is 11.3 Å². The van der Waals surface area contributed by atoms with Gasteiger partial charge in [0.2, 0.25) is 5.91 Å². The van der Waals surface area contributed by atoms with Crippen molar-refractivity contribution in [3.8, 4) is 0 Å². The summed E-state index contributed by atoms with van der Waals surface area (Å²) in [5, 5.41) is 2.97. The molecule has 0 spiro atoms. The SMILES string of the molecule is O=C(CC1CCCSC1)NCc1ccncc1. The zero-order valence-electron chi connectivity index (χ0n) is 9.89. The topological polar surface area (TPSA) is 42.0 Å². The molecule has 1 aliphatic heterocycles. The third kappa shape index (κ3) is 4.38. The standard InChI is InChI=1S/C13H18N2OS/c16-13(8-12-2-1-7-17-10-12)15-9-11-3-5-14-6-4-11/h3-6,12H,1-2,7-10H2,(H,15,16). The number of hydrogen-bond donors (Lipinski definition) is 1. The van der Waals surface area contributed by atoms with Crippen molar-refractivity contribution in [2.75, 3.05) is 11.5 Å². The molecule has 1 aromatic heterocycles. The minimum absolute atomic E-state index is 0.175. The first kappa shape index (κ1) is 12.4. The molecular weight excluding hydrogens is 232 g/mol. The monoisotopic (exact) mass is 250 g/mol. The molecule has 0 radical (unpaired) electrons. The molecule has 1 saturated heterocycles. The van der Waals surface area contributed by atoms with Gasteiger partial charge in [0.05, 0.1) is 0 Å². The molecule has 1 atom stereocenters. The van der Waals surface area contributed by atoms with E-state index in [-0.39, 0.29) is 5.91 Å². The van der Waals surface area contributed by atoms with Gasteiger partial charge >= 0.3 is 0 Å². The van der Waals surface area contributed by atoms with Crippen molar-refractivity contribution in [3.05, 3.63) is 30.1 Å².